The Morgan fingerprint density at radius 2 is 1.94 bits per heavy atom. The fraction of sp³-hybridized carbons (Fsp3) is 0.154. The lowest BCUT2D eigenvalue weighted by Gasteiger charge is -2.29. The van der Waals surface area contributed by atoms with Crippen molar-refractivity contribution in [1.29, 1.82) is 0 Å². The number of aromatic nitrogens is 1. The summed E-state index contributed by atoms with van der Waals surface area (Å²) in [6.45, 7) is 1.39. The summed E-state index contributed by atoms with van der Waals surface area (Å²) in [5.74, 6) is 0.898. The predicted octanol–water partition coefficient (Wildman–Crippen LogP) is 2.44. The molecule has 1 aliphatic rings. The van der Waals surface area contributed by atoms with E-state index in [1.165, 1.54) is 5.69 Å². The van der Waals surface area contributed by atoms with Crippen LogP contribution in [0.4, 0.5) is 5.69 Å². The third kappa shape index (κ3) is 1.60. The van der Waals surface area contributed by atoms with E-state index in [4.69, 9.17) is 4.74 Å². The molecule has 2 aromatic rings. The number of ether oxygens (including phenoxy) is 1. The van der Waals surface area contributed by atoms with Crippen LogP contribution in [0, 0.1) is 0 Å². The van der Waals surface area contributed by atoms with Crippen LogP contribution in [0.1, 0.15) is 5.69 Å². The van der Waals surface area contributed by atoms with Crippen molar-refractivity contribution >= 4 is 5.69 Å². The van der Waals surface area contributed by atoms with E-state index in [1.54, 1.807) is 6.20 Å². The first-order valence-corrected chi connectivity index (χ1v) is 5.30. The van der Waals surface area contributed by atoms with Gasteiger partial charge in [-0.25, -0.2) is 0 Å². The van der Waals surface area contributed by atoms with Crippen LogP contribution in [0.15, 0.2) is 48.7 Å². The summed E-state index contributed by atoms with van der Waals surface area (Å²) in [6.07, 6.45) is 1.80. The van der Waals surface area contributed by atoms with Gasteiger partial charge in [0.15, 0.2) is 6.73 Å². The van der Waals surface area contributed by atoms with E-state index in [2.05, 4.69) is 22.0 Å². The normalized spacial score (nSPS) is 14.1. The molecule has 2 heterocycles. The second kappa shape index (κ2) is 3.85. The molecule has 16 heavy (non-hydrogen) atoms. The van der Waals surface area contributed by atoms with Gasteiger partial charge < -0.3 is 9.64 Å². The Kier molecular flexibility index (Phi) is 2.22. The zero-order valence-electron chi connectivity index (χ0n) is 8.84. The van der Waals surface area contributed by atoms with Gasteiger partial charge in [-0.2, -0.15) is 0 Å². The topological polar surface area (TPSA) is 25.4 Å². The SMILES string of the molecule is c1ccc(N2COc3cccnc3C2)cc1. The molecule has 0 saturated heterocycles. The van der Waals surface area contributed by atoms with Crippen molar-refractivity contribution in [2.45, 2.75) is 6.54 Å². The quantitative estimate of drug-likeness (QED) is 0.726. The molecule has 0 aliphatic carbocycles. The van der Waals surface area contributed by atoms with Gasteiger partial charge in [0.2, 0.25) is 0 Å². The number of pyridine rings is 1. The Balaban J connectivity index is 1.89. The average Bonchev–Trinajstić information content (AvgIpc) is 2.39. The monoisotopic (exact) mass is 212 g/mol. The van der Waals surface area contributed by atoms with Crippen LogP contribution in [0.5, 0.6) is 5.75 Å². The molecule has 0 unspecified atom stereocenters. The number of nitrogens with zero attached hydrogens (tertiary/aromatic N) is 2. The summed E-state index contributed by atoms with van der Waals surface area (Å²) >= 11 is 0. The zero-order valence-corrected chi connectivity index (χ0v) is 8.84. The van der Waals surface area contributed by atoms with E-state index < -0.39 is 0 Å². The number of benzene rings is 1. The molecule has 0 bridgehead atoms. The molecule has 1 aliphatic heterocycles. The van der Waals surface area contributed by atoms with Crippen LogP contribution < -0.4 is 9.64 Å². The van der Waals surface area contributed by atoms with Gasteiger partial charge >= 0.3 is 0 Å². The lowest BCUT2D eigenvalue weighted by atomic mass is 10.2. The van der Waals surface area contributed by atoms with Crippen molar-refractivity contribution < 1.29 is 4.74 Å². The Hall–Kier alpha value is -2.03. The fourth-order valence-electron chi connectivity index (χ4n) is 1.85. The minimum Gasteiger partial charge on any atom is -0.471 e. The van der Waals surface area contributed by atoms with Gasteiger partial charge in [-0.05, 0) is 24.3 Å². The lowest BCUT2D eigenvalue weighted by molar-refractivity contribution is 0.286. The molecule has 0 fully saturated rings. The molecule has 3 rings (SSSR count). The van der Waals surface area contributed by atoms with E-state index in [0.717, 1.165) is 18.0 Å². The van der Waals surface area contributed by atoms with Gasteiger partial charge in [0.25, 0.3) is 0 Å². The number of rotatable bonds is 1. The molecular formula is C13H12N2O. The lowest BCUT2D eigenvalue weighted by Crippen LogP contribution is -2.32. The van der Waals surface area contributed by atoms with E-state index in [0.29, 0.717) is 6.73 Å². The van der Waals surface area contributed by atoms with E-state index in [-0.39, 0.29) is 0 Å². The number of hydrogen-bond acceptors (Lipinski definition) is 3. The molecule has 0 saturated carbocycles. The highest BCUT2D eigenvalue weighted by Crippen LogP contribution is 2.25. The second-order valence-corrected chi connectivity index (χ2v) is 3.76. The van der Waals surface area contributed by atoms with Crippen molar-refractivity contribution in [3.63, 3.8) is 0 Å². The molecule has 0 radical (unpaired) electrons. The summed E-state index contributed by atoms with van der Waals surface area (Å²) in [5.41, 5.74) is 2.16. The number of fused-ring (bicyclic) bond motifs is 1. The second-order valence-electron chi connectivity index (χ2n) is 3.76. The van der Waals surface area contributed by atoms with Crippen LogP contribution in [0.25, 0.3) is 0 Å². The summed E-state index contributed by atoms with van der Waals surface area (Å²) in [6, 6.07) is 14.1. The van der Waals surface area contributed by atoms with Crippen LogP contribution in [0.3, 0.4) is 0 Å². The first-order chi connectivity index (χ1) is 7.93. The maximum atomic E-state index is 5.65. The van der Waals surface area contributed by atoms with Crippen LogP contribution >= 0.6 is 0 Å². The third-order valence-corrected chi connectivity index (χ3v) is 2.69. The molecule has 0 spiro atoms. The minimum absolute atomic E-state index is 0.586. The van der Waals surface area contributed by atoms with Gasteiger partial charge in [-0.15, -0.1) is 0 Å². The van der Waals surface area contributed by atoms with Crippen molar-refractivity contribution in [2.75, 3.05) is 11.6 Å². The van der Waals surface area contributed by atoms with Gasteiger partial charge in [0, 0.05) is 11.9 Å². The molecule has 0 N–H and O–H groups in total. The molecule has 1 aromatic heterocycles. The third-order valence-electron chi connectivity index (χ3n) is 2.69. The number of para-hydroxylation sites is 1. The van der Waals surface area contributed by atoms with E-state index in [9.17, 15) is 0 Å². The van der Waals surface area contributed by atoms with Gasteiger partial charge in [0.1, 0.15) is 11.4 Å². The van der Waals surface area contributed by atoms with Crippen molar-refractivity contribution in [1.82, 2.24) is 4.98 Å². The Labute approximate surface area is 94.3 Å². The molecule has 0 amide bonds. The first kappa shape index (κ1) is 9.21. The zero-order chi connectivity index (χ0) is 10.8. The minimum atomic E-state index is 0.586. The van der Waals surface area contributed by atoms with Gasteiger partial charge in [-0.3, -0.25) is 4.98 Å². The molecule has 3 heteroatoms. The summed E-state index contributed by atoms with van der Waals surface area (Å²) in [7, 11) is 0. The molecule has 3 nitrogen and oxygen atoms in total. The molecular weight excluding hydrogens is 200 g/mol. The van der Waals surface area contributed by atoms with Crippen LogP contribution in [-0.4, -0.2) is 11.7 Å². The first-order valence-electron chi connectivity index (χ1n) is 5.30. The Bertz CT molecular complexity index is 484. The van der Waals surface area contributed by atoms with Crippen molar-refractivity contribution in [2.24, 2.45) is 0 Å². The Morgan fingerprint density at radius 1 is 1.06 bits per heavy atom. The van der Waals surface area contributed by atoms with Crippen molar-refractivity contribution in [3.05, 3.63) is 54.4 Å². The largest absolute Gasteiger partial charge is 0.471 e. The van der Waals surface area contributed by atoms with Gasteiger partial charge in [0.05, 0.1) is 6.54 Å². The molecule has 1 aromatic carbocycles. The number of anilines is 1. The fourth-order valence-corrected chi connectivity index (χ4v) is 1.85. The highest BCUT2D eigenvalue weighted by atomic mass is 16.5. The highest BCUT2D eigenvalue weighted by molar-refractivity contribution is 5.48. The molecule has 80 valence electrons. The van der Waals surface area contributed by atoms with Crippen molar-refractivity contribution in [3.8, 4) is 5.75 Å². The van der Waals surface area contributed by atoms with Crippen LogP contribution in [-0.2, 0) is 6.54 Å². The summed E-state index contributed by atoms with van der Waals surface area (Å²) in [4.78, 5) is 6.49. The highest BCUT2D eigenvalue weighted by Gasteiger charge is 2.17. The van der Waals surface area contributed by atoms with Crippen LogP contribution in [0.2, 0.25) is 0 Å². The maximum Gasteiger partial charge on any atom is 0.161 e. The summed E-state index contributed by atoms with van der Waals surface area (Å²) < 4.78 is 5.65. The number of hydrogen-bond donors (Lipinski definition) is 0. The smallest absolute Gasteiger partial charge is 0.161 e. The van der Waals surface area contributed by atoms with E-state index in [1.807, 2.05) is 30.3 Å². The standard InChI is InChI=1S/C13H12N2O/c1-2-5-11(6-3-1)15-9-12-13(16-10-15)7-4-8-14-12/h1-8H,9-10H2. The predicted molar refractivity (Wildman–Crippen MR) is 62.4 cm³/mol. The molecule has 0 atom stereocenters. The van der Waals surface area contributed by atoms with Gasteiger partial charge in [-0.1, -0.05) is 18.2 Å². The average molecular weight is 212 g/mol. The maximum absolute atomic E-state index is 5.65. The summed E-state index contributed by atoms with van der Waals surface area (Å²) in [5, 5.41) is 0. The Morgan fingerprint density at radius 3 is 2.81 bits per heavy atom. The van der Waals surface area contributed by atoms with E-state index >= 15 is 0 Å².